The lowest BCUT2D eigenvalue weighted by Gasteiger charge is -2.34. The first-order chi connectivity index (χ1) is 37.2. The zero-order valence-electron chi connectivity index (χ0n) is 41.3. The van der Waals surface area contributed by atoms with Gasteiger partial charge in [-0.15, -0.1) is 0 Å². The lowest BCUT2D eigenvalue weighted by atomic mass is 9.67. The van der Waals surface area contributed by atoms with E-state index in [1.54, 1.807) is 0 Å². The molecular formula is C73H50N2. The zero-order chi connectivity index (χ0) is 49.7. The molecule has 75 heavy (non-hydrogen) atoms. The van der Waals surface area contributed by atoms with Crippen molar-refractivity contribution in [1.29, 1.82) is 0 Å². The highest BCUT2D eigenvalue weighted by molar-refractivity contribution is 6.10. The van der Waals surface area contributed by atoms with Crippen LogP contribution in [0.25, 0.3) is 83.1 Å². The van der Waals surface area contributed by atoms with Crippen molar-refractivity contribution in [3.63, 3.8) is 0 Å². The highest BCUT2D eigenvalue weighted by Crippen LogP contribution is 2.57. The van der Waals surface area contributed by atoms with E-state index in [1.807, 2.05) is 0 Å². The molecule has 0 spiro atoms. The van der Waals surface area contributed by atoms with E-state index in [9.17, 15) is 0 Å². The molecule has 0 radical (unpaired) electrons. The molecule has 1 aromatic heterocycles. The monoisotopic (exact) mass is 954 g/mol. The van der Waals surface area contributed by atoms with Crippen molar-refractivity contribution >= 4 is 38.9 Å². The van der Waals surface area contributed by atoms with E-state index in [0.717, 1.165) is 28.3 Å². The highest BCUT2D eigenvalue weighted by atomic mass is 15.1. The van der Waals surface area contributed by atoms with E-state index in [2.05, 4.69) is 313 Å². The van der Waals surface area contributed by atoms with Gasteiger partial charge in [-0.25, -0.2) is 0 Å². The Labute approximate surface area is 438 Å². The van der Waals surface area contributed by atoms with Crippen LogP contribution in [0.15, 0.2) is 303 Å². The lowest BCUT2D eigenvalue weighted by molar-refractivity contribution is 0.767. The number of para-hydroxylation sites is 2. The van der Waals surface area contributed by atoms with Crippen LogP contribution < -0.4 is 4.90 Å². The van der Waals surface area contributed by atoms with E-state index in [4.69, 9.17) is 0 Å². The lowest BCUT2D eigenvalue weighted by Crippen LogP contribution is -2.28. The van der Waals surface area contributed by atoms with Gasteiger partial charge in [0.1, 0.15) is 0 Å². The van der Waals surface area contributed by atoms with Crippen LogP contribution in [0.5, 0.6) is 0 Å². The van der Waals surface area contributed by atoms with Gasteiger partial charge < -0.3 is 9.47 Å². The van der Waals surface area contributed by atoms with Crippen LogP contribution in [-0.4, -0.2) is 4.57 Å². The average molecular weight is 955 g/mol. The Bertz CT molecular complexity index is 4160. The maximum atomic E-state index is 2.49. The maximum Gasteiger partial charge on any atom is 0.0714 e. The number of aromatic nitrogens is 1. The Morgan fingerprint density at radius 1 is 0.253 bits per heavy atom. The van der Waals surface area contributed by atoms with E-state index in [0.29, 0.717) is 0 Å². The van der Waals surface area contributed by atoms with E-state index in [1.165, 1.54) is 94.1 Å². The minimum absolute atomic E-state index is 0.498. The van der Waals surface area contributed by atoms with Gasteiger partial charge in [-0.1, -0.05) is 237 Å². The molecule has 1 heterocycles. The van der Waals surface area contributed by atoms with E-state index >= 15 is 0 Å². The van der Waals surface area contributed by atoms with Gasteiger partial charge in [0.15, 0.2) is 0 Å². The first kappa shape index (κ1) is 44.0. The molecule has 0 bridgehead atoms. The number of fused-ring (bicyclic) bond motifs is 6. The van der Waals surface area contributed by atoms with Crippen molar-refractivity contribution in [2.45, 2.75) is 5.41 Å². The largest absolute Gasteiger partial charge is 0.311 e. The van der Waals surface area contributed by atoms with Crippen LogP contribution in [0, 0.1) is 0 Å². The standard InChI is InChI=1S/C73H50N2/c1-5-20-51(21-6-1)54-22-19-23-55(48-54)52-36-41-60(42-37-52)74(59-28-11-4-12-29-59)61-43-38-53(39-44-61)63-30-13-14-31-64(63)56-40-46-68-67-33-16-18-35-71(67)75(72(68)49-56)62-45-47-66-65-32-15-17-34-69(65)73(70(66)50-62,57-24-7-2-8-25-57)58-26-9-3-10-27-58/h1-50H. The molecule has 1 aliphatic rings. The number of hydrogen-bond donors (Lipinski definition) is 0. The molecule has 0 fully saturated rings. The third-order valence-corrected chi connectivity index (χ3v) is 15.5. The molecule has 2 nitrogen and oxygen atoms in total. The van der Waals surface area contributed by atoms with Crippen molar-refractivity contribution in [2.24, 2.45) is 0 Å². The second kappa shape index (κ2) is 18.4. The summed E-state index contributed by atoms with van der Waals surface area (Å²) in [6.07, 6.45) is 0. The van der Waals surface area contributed by atoms with Crippen LogP contribution in [0.2, 0.25) is 0 Å². The van der Waals surface area contributed by atoms with Crippen LogP contribution >= 0.6 is 0 Å². The third-order valence-electron chi connectivity index (χ3n) is 15.5. The second-order valence-electron chi connectivity index (χ2n) is 19.6. The molecule has 0 unspecified atom stereocenters. The molecule has 1 aliphatic carbocycles. The van der Waals surface area contributed by atoms with Gasteiger partial charge in [0.25, 0.3) is 0 Å². The second-order valence-corrected chi connectivity index (χ2v) is 19.6. The topological polar surface area (TPSA) is 8.17 Å². The van der Waals surface area contributed by atoms with Gasteiger partial charge in [-0.05, 0) is 145 Å². The van der Waals surface area contributed by atoms with E-state index < -0.39 is 5.41 Å². The van der Waals surface area contributed by atoms with E-state index in [-0.39, 0.29) is 0 Å². The fraction of sp³-hybridized carbons (Fsp3) is 0.0137. The molecule has 2 heteroatoms. The summed E-state index contributed by atoms with van der Waals surface area (Å²) < 4.78 is 2.49. The molecule has 0 aliphatic heterocycles. The van der Waals surface area contributed by atoms with Gasteiger partial charge in [0.2, 0.25) is 0 Å². The fourth-order valence-corrected chi connectivity index (χ4v) is 12.1. The van der Waals surface area contributed by atoms with Crippen LogP contribution in [0.4, 0.5) is 17.1 Å². The molecule has 0 N–H and O–H groups in total. The van der Waals surface area contributed by atoms with Crippen molar-refractivity contribution in [3.8, 4) is 61.3 Å². The summed E-state index contributed by atoms with van der Waals surface area (Å²) in [5.74, 6) is 0. The normalized spacial score (nSPS) is 12.4. The Morgan fingerprint density at radius 2 is 0.720 bits per heavy atom. The minimum Gasteiger partial charge on any atom is -0.311 e. The summed E-state index contributed by atoms with van der Waals surface area (Å²) in [6, 6.07) is 111. The van der Waals surface area contributed by atoms with Crippen molar-refractivity contribution in [1.82, 2.24) is 4.57 Å². The first-order valence-corrected chi connectivity index (χ1v) is 25.9. The van der Waals surface area contributed by atoms with Crippen LogP contribution in [-0.2, 0) is 5.41 Å². The summed E-state index contributed by atoms with van der Waals surface area (Å²) in [6.45, 7) is 0. The number of anilines is 3. The number of benzene rings is 12. The number of rotatable bonds is 10. The molecule has 0 atom stereocenters. The van der Waals surface area contributed by atoms with Crippen molar-refractivity contribution in [2.75, 3.05) is 4.90 Å². The highest BCUT2D eigenvalue weighted by Gasteiger charge is 2.46. The molecule has 0 saturated heterocycles. The van der Waals surface area contributed by atoms with Gasteiger partial charge in [0, 0.05) is 33.5 Å². The van der Waals surface area contributed by atoms with Crippen molar-refractivity contribution in [3.05, 3.63) is 326 Å². The summed E-state index contributed by atoms with van der Waals surface area (Å²) in [7, 11) is 0. The molecule has 13 aromatic rings. The Morgan fingerprint density at radius 3 is 1.39 bits per heavy atom. The van der Waals surface area contributed by atoms with Gasteiger partial charge in [-0.2, -0.15) is 0 Å². The predicted molar refractivity (Wildman–Crippen MR) is 315 cm³/mol. The smallest absolute Gasteiger partial charge is 0.0714 e. The summed E-state index contributed by atoms with van der Waals surface area (Å²) in [4.78, 5) is 2.34. The molecular weight excluding hydrogens is 905 g/mol. The Balaban J connectivity index is 0.852. The quantitative estimate of drug-likeness (QED) is 0.133. The molecule has 352 valence electrons. The summed E-state index contributed by atoms with van der Waals surface area (Å²) in [5.41, 5.74) is 23.5. The molecule has 14 rings (SSSR count). The Kier molecular flexibility index (Phi) is 10.8. The van der Waals surface area contributed by atoms with Gasteiger partial charge in [0.05, 0.1) is 16.4 Å². The third kappa shape index (κ3) is 7.41. The zero-order valence-corrected chi connectivity index (χ0v) is 41.3. The van der Waals surface area contributed by atoms with Gasteiger partial charge >= 0.3 is 0 Å². The van der Waals surface area contributed by atoms with Crippen LogP contribution in [0.3, 0.4) is 0 Å². The minimum atomic E-state index is -0.498. The van der Waals surface area contributed by atoms with Gasteiger partial charge in [-0.3, -0.25) is 0 Å². The molecule has 12 aromatic carbocycles. The fourth-order valence-electron chi connectivity index (χ4n) is 12.1. The number of nitrogens with zero attached hydrogens (tertiary/aromatic N) is 2. The number of hydrogen-bond acceptors (Lipinski definition) is 1. The predicted octanol–water partition coefficient (Wildman–Crippen LogP) is 19.3. The maximum absolute atomic E-state index is 2.49. The van der Waals surface area contributed by atoms with Crippen molar-refractivity contribution < 1.29 is 0 Å². The summed E-state index contributed by atoms with van der Waals surface area (Å²) in [5, 5.41) is 2.46. The van der Waals surface area contributed by atoms with Crippen LogP contribution in [0.1, 0.15) is 22.3 Å². The first-order valence-electron chi connectivity index (χ1n) is 25.9. The average Bonchev–Trinajstić information content (AvgIpc) is 4.01. The molecule has 0 amide bonds. The molecule has 0 saturated carbocycles. The Hall–Kier alpha value is -9.76. The summed E-state index contributed by atoms with van der Waals surface area (Å²) >= 11 is 0. The SMILES string of the molecule is c1ccc(-c2cccc(-c3ccc(N(c4ccccc4)c4ccc(-c5ccccc5-c5ccc6c7ccccc7n(-c7ccc8c(c7)C(c7ccccc7)(c7ccccc7)c7ccccc7-8)c6c5)cc4)cc3)c2)cc1.